The molecule has 0 bridgehead atoms. The van der Waals surface area contributed by atoms with Crippen molar-refractivity contribution in [1.29, 1.82) is 0 Å². The molecular formula is C26H32BrN3O4. The van der Waals surface area contributed by atoms with E-state index in [9.17, 15) is 9.59 Å². The van der Waals surface area contributed by atoms with Crippen molar-refractivity contribution in [2.75, 3.05) is 39.9 Å². The third kappa shape index (κ3) is 3.89. The van der Waals surface area contributed by atoms with E-state index in [1.807, 2.05) is 30.9 Å². The third-order valence-corrected chi connectivity index (χ3v) is 8.34. The van der Waals surface area contributed by atoms with Crippen molar-refractivity contribution >= 4 is 44.4 Å². The predicted molar refractivity (Wildman–Crippen MR) is 135 cm³/mol. The van der Waals surface area contributed by atoms with Crippen LogP contribution in [-0.4, -0.2) is 78.4 Å². The number of rotatable bonds is 4. The van der Waals surface area contributed by atoms with Gasteiger partial charge in [0.25, 0.3) is 0 Å². The molecule has 0 saturated carbocycles. The van der Waals surface area contributed by atoms with Crippen molar-refractivity contribution in [3.05, 3.63) is 40.0 Å². The van der Waals surface area contributed by atoms with Crippen LogP contribution in [0.3, 0.4) is 0 Å². The minimum absolute atomic E-state index is 0.120. The molecule has 1 aromatic carbocycles. The molecule has 182 valence electrons. The number of likely N-dealkylation sites (N-methyl/N-ethyl adjacent to an activating group) is 1. The first kappa shape index (κ1) is 23.6. The zero-order valence-electron chi connectivity index (χ0n) is 20.1. The Bertz CT molecular complexity index is 1150. The summed E-state index contributed by atoms with van der Waals surface area (Å²) in [7, 11) is 2.09. The second-order valence-corrected chi connectivity index (χ2v) is 10.1. The lowest BCUT2D eigenvalue weighted by Crippen LogP contribution is -2.47. The summed E-state index contributed by atoms with van der Waals surface area (Å²) < 4.78 is 13.7. The summed E-state index contributed by atoms with van der Waals surface area (Å²) in [5.74, 6) is 0.0107. The van der Waals surface area contributed by atoms with Crippen LogP contribution >= 0.6 is 15.9 Å². The van der Waals surface area contributed by atoms with Gasteiger partial charge in [0.2, 0.25) is 5.91 Å². The van der Waals surface area contributed by atoms with E-state index in [1.54, 1.807) is 4.57 Å². The maximum absolute atomic E-state index is 13.3. The minimum Gasteiger partial charge on any atom is -0.445 e. The fourth-order valence-electron chi connectivity index (χ4n) is 5.68. The van der Waals surface area contributed by atoms with Crippen molar-refractivity contribution < 1.29 is 19.1 Å². The van der Waals surface area contributed by atoms with Gasteiger partial charge in [-0.25, -0.2) is 9.36 Å². The average Bonchev–Trinajstić information content (AvgIpc) is 3.13. The molecule has 7 nitrogen and oxygen atoms in total. The average molecular weight is 530 g/mol. The first-order chi connectivity index (χ1) is 16.4. The zero-order valence-corrected chi connectivity index (χ0v) is 21.6. The van der Waals surface area contributed by atoms with Crippen molar-refractivity contribution in [3.63, 3.8) is 0 Å². The molecule has 0 N–H and O–H groups in total. The molecule has 34 heavy (non-hydrogen) atoms. The molecule has 5 rings (SSSR count). The van der Waals surface area contributed by atoms with Gasteiger partial charge in [0, 0.05) is 43.9 Å². The summed E-state index contributed by atoms with van der Waals surface area (Å²) in [4.78, 5) is 30.6. The Morgan fingerprint density at radius 1 is 1.21 bits per heavy atom. The van der Waals surface area contributed by atoms with Gasteiger partial charge in [-0.3, -0.25) is 9.69 Å². The maximum atomic E-state index is 13.3. The molecule has 2 atom stereocenters. The van der Waals surface area contributed by atoms with E-state index in [-0.39, 0.29) is 30.1 Å². The molecule has 3 aliphatic rings. The van der Waals surface area contributed by atoms with Gasteiger partial charge in [0.05, 0.1) is 29.3 Å². The number of hydrogen-bond acceptors (Lipinski definition) is 5. The molecule has 2 aliphatic heterocycles. The molecule has 3 heterocycles. The number of nitrogens with zero attached hydrogens (tertiary/aromatic N) is 3. The van der Waals surface area contributed by atoms with E-state index in [4.69, 9.17) is 9.47 Å². The van der Waals surface area contributed by atoms with E-state index in [0.29, 0.717) is 32.8 Å². The Morgan fingerprint density at radius 2 is 1.94 bits per heavy atom. The van der Waals surface area contributed by atoms with Crippen molar-refractivity contribution in [2.45, 2.75) is 45.3 Å². The molecule has 0 radical (unpaired) electrons. The number of hydrogen-bond donors (Lipinski definition) is 0. The largest absolute Gasteiger partial charge is 0.445 e. The molecule has 0 spiro atoms. The highest BCUT2D eigenvalue weighted by Gasteiger charge is 2.38. The Kier molecular flexibility index (Phi) is 6.57. The summed E-state index contributed by atoms with van der Waals surface area (Å²) in [5, 5.41) is 1.07. The van der Waals surface area contributed by atoms with Crippen LogP contribution in [0, 0.1) is 5.92 Å². The Balaban J connectivity index is 1.56. The zero-order chi connectivity index (χ0) is 24.0. The maximum Gasteiger partial charge on any atom is 0.419 e. The fourth-order valence-corrected chi connectivity index (χ4v) is 6.38. The van der Waals surface area contributed by atoms with Crippen LogP contribution in [0.15, 0.2) is 28.9 Å². The van der Waals surface area contributed by atoms with E-state index >= 15 is 0 Å². The first-order valence-electron chi connectivity index (χ1n) is 12.3. The lowest BCUT2D eigenvalue weighted by atomic mass is 9.79. The summed E-state index contributed by atoms with van der Waals surface area (Å²) in [6, 6.07) is 6.25. The Morgan fingerprint density at radius 3 is 2.65 bits per heavy atom. The van der Waals surface area contributed by atoms with Gasteiger partial charge in [-0.05, 0) is 66.0 Å². The third-order valence-electron chi connectivity index (χ3n) is 7.51. The number of halogens is 1. The quantitative estimate of drug-likeness (QED) is 0.590. The first-order valence-corrected chi connectivity index (χ1v) is 13.1. The summed E-state index contributed by atoms with van der Waals surface area (Å²) in [6.45, 7) is 7.42. The monoisotopic (exact) mass is 529 g/mol. The number of ether oxygens (including phenoxy) is 2. The van der Waals surface area contributed by atoms with Gasteiger partial charge < -0.3 is 14.4 Å². The van der Waals surface area contributed by atoms with Crippen LogP contribution in [0.5, 0.6) is 0 Å². The molecular weight excluding hydrogens is 498 g/mol. The van der Waals surface area contributed by atoms with Gasteiger partial charge in [0.15, 0.2) is 0 Å². The van der Waals surface area contributed by atoms with Crippen LogP contribution in [0.2, 0.25) is 0 Å². The van der Waals surface area contributed by atoms with E-state index in [2.05, 4.69) is 40.0 Å². The lowest BCUT2D eigenvalue weighted by Gasteiger charge is -2.40. The van der Waals surface area contributed by atoms with E-state index in [0.717, 1.165) is 45.9 Å². The Hall–Kier alpha value is -2.16. The van der Waals surface area contributed by atoms with Crippen LogP contribution < -0.4 is 0 Å². The number of amides is 1. The molecule has 1 aliphatic carbocycles. The molecule has 1 amide bonds. The number of carbonyl (C=O) groups excluding carboxylic acids is 2. The lowest BCUT2D eigenvalue weighted by molar-refractivity contribution is -0.134. The van der Waals surface area contributed by atoms with Crippen LogP contribution in [0.1, 0.15) is 37.8 Å². The van der Waals surface area contributed by atoms with Crippen molar-refractivity contribution in [3.8, 4) is 0 Å². The minimum atomic E-state index is -0.353. The smallest absolute Gasteiger partial charge is 0.419 e. The molecule has 0 unspecified atom stereocenters. The number of benzene rings is 1. The number of carbonyl (C=O) groups is 2. The summed E-state index contributed by atoms with van der Waals surface area (Å²) in [5.41, 5.74) is 4.25. The van der Waals surface area contributed by atoms with Crippen molar-refractivity contribution in [1.82, 2.24) is 14.4 Å². The standard InChI is InChI=1S/C26H32BrN3O4/c1-4-29(5-2)25(31)16-13-19-18-7-6-8-21-23(18)20(14-22(19)28(3)15-16)24(27)30(21)26(32)34-17-9-11-33-12-10-17/h6-8,13,16-17,22H,4-5,9-12,14-15H2,1-3H3/t16-,22-/m1/s1. The summed E-state index contributed by atoms with van der Waals surface area (Å²) in [6.07, 6.45) is 3.93. The second-order valence-electron chi connectivity index (χ2n) is 9.40. The van der Waals surface area contributed by atoms with Gasteiger partial charge in [-0.2, -0.15) is 0 Å². The molecule has 2 aromatic rings. The molecule has 1 aromatic heterocycles. The molecule has 1 fully saturated rings. The highest BCUT2D eigenvalue weighted by Crippen LogP contribution is 2.45. The van der Waals surface area contributed by atoms with Crippen LogP contribution in [0.4, 0.5) is 4.79 Å². The normalized spacial score (nSPS) is 22.9. The fraction of sp³-hybridized carbons (Fsp3) is 0.538. The van der Waals surface area contributed by atoms with Crippen LogP contribution in [-0.2, 0) is 20.7 Å². The predicted octanol–water partition coefficient (Wildman–Crippen LogP) is 4.31. The molecule has 8 heteroatoms. The van der Waals surface area contributed by atoms with Crippen LogP contribution in [0.25, 0.3) is 16.5 Å². The van der Waals surface area contributed by atoms with Gasteiger partial charge in [0.1, 0.15) is 6.10 Å². The van der Waals surface area contributed by atoms with Crippen molar-refractivity contribution in [2.24, 2.45) is 5.92 Å². The van der Waals surface area contributed by atoms with Gasteiger partial charge in [-0.15, -0.1) is 0 Å². The topological polar surface area (TPSA) is 64.0 Å². The Labute approximate surface area is 208 Å². The van der Waals surface area contributed by atoms with Gasteiger partial charge >= 0.3 is 6.09 Å². The SMILES string of the molecule is CCN(CC)C(=O)[C@@H]1C=C2c3cccc4c3c(c(Br)n4C(=O)OC3CCOCC3)C[C@H]2N(C)C1. The molecule has 1 saturated heterocycles. The number of aromatic nitrogens is 1. The number of fused-ring (bicyclic) bond motifs is 2. The summed E-state index contributed by atoms with van der Waals surface area (Å²) >= 11 is 3.74. The van der Waals surface area contributed by atoms with E-state index in [1.165, 1.54) is 5.57 Å². The van der Waals surface area contributed by atoms with Gasteiger partial charge in [-0.1, -0.05) is 18.2 Å². The second kappa shape index (κ2) is 9.47. The van der Waals surface area contributed by atoms with E-state index < -0.39 is 0 Å². The highest BCUT2D eigenvalue weighted by atomic mass is 79.9. The highest BCUT2D eigenvalue weighted by molar-refractivity contribution is 9.10.